The molecule has 0 spiro atoms. The second-order valence-corrected chi connectivity index (χ2v) is 9.41. The molecule has 0 unspecified atom stereocenters. The van der Waals surface area contributed by atoms with Crippen molar-refractivity contribution in [3.63, 3.8) is 0 Å². The van der Waals surface area contributed by atoms with Crippen LogP contribution in [0.5, 0.6) is 0 Å². The summed E-state index contributed by atoms with van der Waals surface area (Å²) in [5.41, 5.74) is 0.308. The molecule has 1 saturated heterocycles. The van der Waals surface area contributed by atoms with Crippen LogP contribution < -0.4 is 0 Å². The van der Waals surface area contributed by atoms with Crippen molar-refractivity contribution in [1.82, 2.24) is 13.5 Å². The minimum Gasteiger partial charge on any atom is -0.207 e. The second-order valence-electron chi connectivity index (χ2n) is 5.77. The fraction of sp³-hybridized carbons (Fsp3) is 0.400. The van der Waals surface area contributed by atoms with E-state index in [-0.39, 0.29) is 21.2 Å². The van der Waals surface area contributed by atoms with Gasteiger partial charge < -0.3 is 0 Å². The lowest BCUT2D eigenvalue weighted by molar-refractivity contribution is 0.476. The van der Waals surface area contributed by atoms with Crippen molar-refractivity contribution in [3.05, 3.63) is 41.7 Å². The number of aryl methyl sites for hydroxylation is 1. The zero-order valence-corrected chi connectivity index (χ0v) is 15.1. The molecule has 24 heavy (non-hydrogen) atoms. The van der Waals surface area contributed by atoms with E-state index in [1.807, 2.05) is 0 Å². The van der Waals surface area contributed by atoms with Gasteiger partial charge in [0, 0.05) is 13.1 Å². The summed E-state index contributed by atoms with van der Waals surface area (Å²) < 4.78 is 53.4. The van der Waals surface area contributed by atoms with Crippen LogP contribution in [0.25, 0.3) is 0 Å². The van der Waals surface area contributed by atoms with Gasteiger partial charge in [-0.15, -0.1) is 0 Å². The molecular weight excluding hydrogens is 350 g/mol. The molecule has 9 heteroatoms. The van der Waals surface area contributed by atoms with E-state index in [1.165, 1.54) is 30.3 Å². The van der Waals surface area contributed by atoms with E-state index in [2.05, 4.69) is 5.10 Å². The lowest BCUT2D eigenvalue weighted by Crippen LogP contribution is -2.29. The van der Waals surface area contributed by atoms with E-state index in [1.54, 1.807) is 18.2 Å². The van der Waals surface area contributed by atoms with Crippen molar-refractivity contribution in [3.8, 4) is 0 Å². The van der Waals surface area contributed by atoms with Crippen molar-refractivity contribution in [2.24, 2.45) is 0 Å². The molecule has 0 bridgehead atoms. The maximum Gasteiger partial charge on any atom is 0.283 e. The highest BCUT2D eigenvalue weighted by molar-refractivity contribution is 7.90. The van der Waals surface area contributed by atoms with Crippen molar-refractivity contribution in [2.45, 2.75) is 36.5 Å². The van der Waals surface area contributed by atoms with Gasteiger partial charge in [0.1, 0.15) is 4.90 Å². The fourth-order valence-electron chi connectivity index (χ4n) is 2.96. The van der Waals surface area contributed by atoms with Gasteiger partial charge in [0.05, 0.1) is 16.3 Å². The zero-order chi connectivity index (χ0) is 17.5. The van der Waals surface area contributed by atoms with Gasteiger partial charge in [-0.25, -0.2) is 8.42 Å². The van der Waals surface area contributed by atoms with Crippen LogP contribution in [-0.4, -0.2) is 43.4 Å². The maximum absolute atomic E-state index is 12.8. The molecule has 3 rings (SSSR count). The Morgan fingerprint density at radius 2 is 1.50 bits per heavy atom. The third kappa shape index (κ3) is 2.66. The van der Waals surface area contributed by atoms with Crippen LogP contribution >= 0.6 is 0 Å². The quantitative estimate of drug-likeness (QED) is 0.815. The minimum atomic E-state index is -3.93. The monoisotopic (exact) mass is 369 g/mol. The highest BCUT2D eigenvalue weighted by Crippen LogP contribution is 2.28. The SMILES string of the molecule is Cc1nn(S(=O)(=O)c2ccccc2)c(C)c1S(=O)(=O)N1CCCC1. The molecule has 7 nitrogen and oxygen atoms in total. The average molecular weight is 369 g/mol. The van der Waals surface area contributed by atoms with Gasteiger partial charge >= 0.3 is 0 Å². The third-order valence-electron chi connectivity index (χ3n) is 4.12. The van der Waals surface area contributed by atoms with Crippen LogP contribution in [0.1, 0.15) is 24.2 Å². The highest BCUT2D eigenvalue weighted by Gasteiger charge is 2.34. The topological polar surface area (TPSA) is 89.3 Å². The first kappa shape index (κ1) is 17.1. The summed E-state index contributed by atoms with van der Waals surface area (Å²) in [6.07, 6.45) is 1.63. The molecule has 130 valence electrons. The fourth-order valence-corrected chi connectivity index (χ4v) is 6.27. The van der Waals surface area contributed by atoms with Crippen LogP contribution in [0, 0.1) is 13.8 Å². The number of nitrogens with zero attached hydrogens (tertiary/aromatic N) is 3. The number of rotatable bonds is 4. The van der Waals surface area contributed by atoms with Gasteiger partial charge in [0.25, 0.3) is 10.0 Å². The summed E-state index contributed by atoms with van der Waals surface area (Å²) in [4.78, 5) is 0.0598. The van der Waals surface area contributed by atoms with E-state index in [0.29, 0.717) is 13.1 Å². The Hall–Kier alpha value is -1.71. The summed E-state index contributed by atoms with van der Waals surface area (Å²) in [6, 6.07) is 7.85. The Labute approximate surface area is 142 Å². The molecule has 1 fully saturated rings. The highest BCUT2D eigenvalue weighted by atomic mass is 32.2. The molecule has 0 amide bonds. The summed E-state index contributed by atoms with van der Waals surface area (Å²) in [7, 11) is -7.67. The smallest absolute Gasteiger partial charge is 0.207 e. The standard InChI is InChI=1S/C15H19N3O4S2/c1-12-15(24(21,22)17-10-6-7-11-17)13(2)18(16-12)23(19,20)14-8-4-3-5-9-14/h3-5,8-9H,6-7,10-11H2,1-2H3. The maximum atomic E-state index is 12.8. The van der Waals surface area contributed by atoms with Crippen LogP contribution in [0.4, 0.5) is 0 Å². The number of hydrogen-bond acceptors (Lipinski definition) is 5. The molecule has 1 aromatic heterocycles. The molecule has 0 saturated carbocycles. The lowest BCUT2D eigenvalue weighted by atomic mass is 10.4. The minimum absolute atomic E-state index is 0.0103. The van der Waals surface area contributed by atoms with Crippen molar-refractivity contribution < 1.29 is 16.8 Å². The molecule has 0 N–H and O–H groups in total. The largest absolute Gasteiger partial charge is 0.283 e. The Kier molecular flexibility index (Phi) is 4.27. The van der Waals surface area contributed by atoms with Gasteiger partial charge in [-0.1, -0.05) is 18.2 Å². The van der Waals surface area contributed by atoms with Crippen LogP contribution in [-0.2, 0) is 20.0 Å². The number of sulfonamides is 1. The van der Waals surface area contributed by atoms with Crippen molar-refractivity contribution >= 4 is 20.0 Å². The molecule has 0 atom stereocenters. The summed E-state index contributed by atoms with van der Waals surface area (Å²) >= 11 is 0. The van der Waals surface area contributed by atoms with Crippen LogP contribution in [0.3, 0.4) is 0 Å². The molecular formula is C15H19N3O4S2. The van der Waals surface area contributed by atoms with Crippen molar-refractivity contribution in [2.75, 3.05) is 13.1 Å². The molecule has 2 aromatic rings. The first-order valence-electron chi connectivity index (χ1n) is 7.63. The molecule has 1 aromatic carbocycles. The Balaban J connectivity index is 2.14. The number of hydrogen-bond donors (Lipinski definition) is 0. The van der Waals surface area contributed by atoms with E-state index in [4.69, 9.17) is 0 Å². The van der Waals surface area contributed by atoms with Gasteiger partial charge in [0.2, 0.25) is 10.0 Å². The number of aromatic nitrogens is 2. The number of benzene rings is 1. The Morgan fingerprint density at radius 1 is 0.917 bits per heavy atom. The first-order chi connectivity index (χ1) is 11.3. The van der Waals surface area contributed by atoms with Gasteiger partial charge in [-0.3, -0.25) is 0 Å². The summed E-state index contributed by atoms with van der Waals surface area (Å²) in [5.74, 6) is 0. The molecule has 0 aliphatic carbocycles. The van der Waals surface area contributed by atoms with E-state index in [0.717, 1.165) is 16.9 Å². The Bertz CT molecular complexity index is 958. The van der Waals surface area contributed by atoms with E-state index >= 15 is 0 Å². The van der Waals surface area contributed by atoms with E-state index in [9.17, 15) is 16.8 Å². The average Bonchev–Trinajstić information content (AvgIpc) is 3.17. The molecule has 0 radical (unpaired) electrons. The van der Waals surface area contributed by atoms with Crippen LogP contribution in [0.2, 0.25) is 0 Å². The van der Waals surface area contributed by atoms with Gasteiger partial charge in [-0.2, -0.15) is 21.9 Å². The zero-order valence-electron chi connectivity index (χ0n) is 13.5. The van der Waals surface area contributed by atoms with Crippen LogP contribution in [0.15, 0.2) is 40.1 Å². The molecule has 1 aliphatic rings. The molecule has 1 aliphatic heterocycles. The summed E-state index contributed by atoms with van der Waals surface area (Å²) in [5, 5.41) is 4.02. The van der Waals surface area contributed by atoms with Crippen molar-refractivity contribution in [1.29, 1.82) is 0 Å². The predicted octanol–water partition coefficient (Wildman–Crippen LogP) is 1.52. The normalized spacial score (nSPS) is 16.6. The first-order valence-corrected chi connectivity index (χ1v) is 10.5. The molecule has 2 heterocycles. The predicted molar refractivity (Wildman–Crippen MR) is 88.7 cm³/mol. The Morgan fingerprint density at radius 3 is 2.08 bits per heavy atom. The van der Waals surface area contributed by atoms with Gasteiger partial charge in [-0.05, 0) is 38.8 Å². The van der Waals surface area contributed by atoms with Gasteiger partial charge in [0.15, 0.2) is 0 Å². The second kappa shape index (κ2) is 5.98. The summed E-state index contributed by atoms with van der Waals surface area (Å²) in [6.45, 7) is 3.91. The lowest BCUT2D eigenvalue weighted by Gasteiger charge is -2.15. The van der Waals surface area contributed by atoms with E-state index < -0.39 is 20.0 Å². The third-order valence-corrected chi connectivity index (χ3v) is 7.95.